The number of methoxy groups -OCH3 is 1. The minimum atomic E-state index is -0.597. The molecule has 0 spiro atoms. The number of hydrogen-bond acceptors (Lipinski definition) is 5. The van der Waals surface area contributed by atoms with E-state index in [2.05, 4.69) is 31.0 Å². The number of nitrogens with zero attached hydrogens (tertiary/aromatic N) is 1. The summed E-state index contributed by atoms with van der Waals surface area (Å²) in [5.41, 5.74) is 1.26. The van der Waals surface area contributed by atoms with Crippen molar-refractivity contribution in [2.24, 2.45) is 0 Å². The predicted octanol–water partition coefficient (Wildman–Crippen LogP) is 2.89. The van der Waals surface area contributed by atoms with Gasteiger partial charge in [0, 0.05) is 6.20 Å². The Hall–Kier alpha value is -1.63. The Balaban J connectivity index is 3.08. The van der Waals surface area contributed by atoms with E-state index in [1.54, 1.807) is 6.92 Å². The number of rotatable bonds is 4. The van der Waals surface area contributed by atoms with E-state index in [1.165, 1.54) is 19.4 Å². The SMILES string of the molecule is CCOC(=O)Nc1cc(C(=O)OC)cnc1C(C)Br. The van der Waals surface area contributed by atoms with Gasteiger partial charge in [-0.15, -0.1) is 0 Å². The first-order valence-corrected chi connectivity index (χ1v) is 6.57. The summed E-state index contributed by atoms with van der Waals surface area (Å²) in [5.74, 6) is -0.520. The molecule has 1 aromatic heterocycles. The van der Waals surface area contributed by atoms with E-state index in [1.807, 2.05) is 6.92 Å². The van der Waals surface area contributed by atoms with Crippen LogP contribution in [-0.4, -0.2) is 30.8 Å². The molecule has 7 heteroatoms. The molecule has 1 atom stereocenters. The highest BCUT2D eigenvalue weighted by Gasteiger charge is 2.16. The minimum absolute atomic E-state index is 0.0869. The summed E-state index contributed by atoms with van der Waals surface area (Å²) in [6, 6.07) is 1.50. The Morgan fingerprint density at radius 1 is 1.53 bits per heavy atom. The van der Waals surface area contributed by atoms with Crippen molar-refractivity contribution in [3.05, 3.63) is 23.5 Å². The van der Waals surface area contributed by atoms with Crippen LogP contribution < -0.4 is 5.32 Å². The van der Waals surface area contributed by atoms with Crippen LogP contribution in [0.4, 0.5) is 10.5 Å². The Bertz CT molecular complexity index is 477. The summed E-state index contributed by atoms with van der Waals surface area (Å²) in [4.78, 5) is 26.9. The molecular formula is C12H15BrN2O4. The maximum Gasteiger partial charge on any atom is 0.411 e. The van der Waals surface area contributed by atoms with Crippen LogP contribution in [-0.2, 0) is 9.47 Å². The number of esters is 1. The van der Waals surface area contributed by atoms with E-state index in [0.717, 1.165) is 0 Å². The molecule has 0 aliphatic rings. The summed E-state index contributed by atoms with van der Waals surface area (Å²) in [5, 5.41) is 2.55. The lowest BCUT2D eigenvalue weighted by Crippen LogP contribution is -2.16. The van der Waals surface area contributed by atoms with E-state index in [4.69, 9.17) is 4.74 Å². The second-order valence-corrected chi connectivity index (χ2v) is 4.98. The molecule has 0 aliphatic carbocycles. The van der Waals surface area contributed by atoms with Gasteiger partial charge < -0.3 is 9.47 Å². The molecule has 0 fully saturated rings. The number of nitrogens with one attached hydrogen (secondary N) is 1. The van der Waals surface area contributed by atoms with E-state index >= 15 is 0 Å². The largest absolute Gasteiger partial charge is 0.465 e. The van der Waals surface area contributed by atoms with Gasteiger partial charge in [-0.2, -0.15) is 0 Å². The Morgan fingerprint density at radius 3 is 2.74 bits per heavy atom. The number of hydrogen-bond donors (Lipinski definition) is 1. The molecule has 19 heavy (non-hydrogen) atoms. The van der Waals surface area contributed by atoms with Gasteiger partial charge in [0.05, 0.1) is 35.5 Å². The van der Waals surface area contributed by atoms with Gasteiger partial charge in [0.2, 0.25) is 0 Å². The molecule has 1 unspecified atom stereocenters. The number of amides is 1. The molecule has 0 bridgehead atoms. The van der Waals surface area contributed by atoms with Crippen LogP contribution in [0.3, 0.4) is 0 Å². The van der Waals surface area contributed by atoms with Crippen LogP contribution in [0.15, 0.2) is 12.3 Å². The third-order valence-electron chi connectivity index (χ3n) is 2.23. The normalized spacial score (nSPS) is 11.6. The highest BCUT2D eigenvalue weighted by atomic mass is 79.9. The zero-order valence-electron chi connectivity index (χ0n) is 10.9. The van der Waals surface area contributed by atoms with E-state index in [9.17, 15) is 9.59 Å². The average molecular weight is 331 g/mol. The fourth-order valence-electron chi connectivity index (χ4n) is 1.40. The third-order valence-corrected chi connectivity index (χ3v) is 2.66. The molecule has 0 radical (unpaired) electrons. The van der Waals surface area contributed by atoms with E-state index in [0.29, 0.717) is 11.4 Å². The first-order chi connectivity index (χ1) is 8.99. The summed E-state index contributed by atoms with van der Waals surface area (Å²) >= 11 is 3.37. The van der Waals surface area contributed by atoms with Gasteiger partial charge in [0.1, 0.15) is 0 Å². The maximum absolute atomic E-state index is 11.4. The van der Waals surface area contributed by atoms with Crippen molar-refractivity contribution in [2.45, 2.75) is 18.7 Å². The molecule has 0 saturated carbocycles. The summed E-state index contributed by atoms with van der Waals surface area (Å²) in [6.07, 6.45) is 0.802. The number of halogens is 1. The van der Waals surface area contributed by atoms with Crippen LogP contribution in [0.2, 0.25) is 0 Å². The van der Waals surface area contributed by atoms with Crippen molar-refractivity contribution >= 4 is 33.7 Å². The highest BCUT2D eigenvalue weighted by molar-refractivity contribution is 9.09. The second kappa shape index (κ2) is 7.08. The molecule has 0 aromatic carbocycles. The number of ether oxygens (including phenoxy) is 2. The molecule has 1 heterocycles. The van der Waals surface area contributed by atoms with Gasteiger partial charge in [-0.05, 0) is 19.9 Å². The lowest BCUT2D eigenvalue weighted by Gasteiger charge is -2.12. The monoisotopic (exact) mass is 330 g/mol. The fraction of sp³-hybridized carbons (Fsp3) is 0.417. The molecule has 6 nitrogen and oxygen atoms in total. The first kappa shape index (κ1) is 15.4. The summed E-state index contributed by atoms with van der Waals surface area (Å²) < 4.78 is 9.41. The van der Waals surface area contributed by atoms with Crippen molar-refractivity contribution in [1.82, 2.24) is 4.98 Å². The third kappa shape index (κ3) is 4.20. The molecule has 1 aromatic rings. The molecule has 1 amide bonds. The van der Waals surface area contributed by atoms with Crippen LogP contribution >= 0.6 is 15.9 Å². The average Bonchev–Trinajstić information content (AvgIpc) is 2.37. The lowest BCUT2D eigenvalue weighted by molar-refractivity contribution is 0.0600. The number of aromatic nitrogens is 1. The van der Waals surface area contributed by atoms with Crippen molar-refractivity contribution in [2.75, 3.05) is 19.0 Å². The van der Waals surface area contributed by atoms with Crippen molar-refractivity contribution < 1.29 is 19.1 Å². The van der Waals surface area contributed by atoms with Crippen molar-refractivity contribution in [3.8, 4) is 0 Å². The minimum Gasteiger partial charge on any atom is -0.465 e. The lowest BCUT2D eigenvalue weighted by atomic mass is 10.2. The number of pyridine rings is 1. The molecule has 1 N–H and O–H groups in total. The van der Waals surface area contributed by atoms with Gasteiger partial charge in [0.15, 0.2) is 0 Å². The highest BCUT2D eigenvalue weighted by Crippen LogP contribution is 2.27. The van der Waals surface area contributed by atoms with E-state index < -0.39 is 12.1 Å². The van der Waals surface area contributed by atoms with Gasteiger partial charge in [-0.1, -0.05) is 15.9 Å². The quantitative estimate of drug-likeness (QED) is 0.678. The molecule has 0 aliphatic heterocycles. The number of carbonyl (C=O) groups is 2. The Kier molecular flexibility index (Phi) is 5.75. The number of alkyl halides is 1. The van der Waals surface area contributed by atoms with Crippen LogP contribution in [0.25, 0.3) is 0 Å². The molecule has 1 rings (SSSR count). The summed E-state index contributed by atoms with van der Waals surface area (Å²) in [6.45, 7) is 3.82. The molecular weight excluding hydrogens is 316 g/mol. The Labute approximate surface area is 119 Å². The maximum atomic E-state index is 11.4. The van der Waals surface area contributed by atoms with Gasteiger partial charge in [-0.3, -0.25) is 10.3 Å². The molecule has 0 saturated heterocycles. The zero-order chi connectivity index (χ0) is 14.4. The summed E-state index contributed by atoms with van der Waals surface area (Å²) in [7, 11) is 1.28. The van der Waals surface area contributed by atoms with E-state index in [-0.39, 0.29) is 17.0 Å². The number of carbonyl (C=O) groups excluding carboxylic acids is 2. The van der Waals surface area contributed by atoms with Crippen LogP contribution in [0.5, 0.6) is 0 Å². The van der Waals surface area contributed by atoms with Gasteiger partial charge in [0.25, 0.3) is 0 Å². The van der Waals surface area contributed by atoms with Gasteiger partial charge >= 0.3 is 12.1 Å². The molecule has 104 valence electrons. The Morgan fingerprint density at radius 2 is 2.21 bits per heavy atom. The predicted molar refractivity (Wildman–Crippen MR) is 73.6 cm³/mol. The zero-order valence-corrected chi connectivity index (χ0v) is 12.5. The standard InChI is InChI=1S/C12H15BrN2O4/c1-4-19-12(17)15-9-5-8(11(16)18-3)6-14-10(9)7(2)13/h5-7H,4H2,1-3H3,(H,15,17). The second-order valence-electron chi connectivity index (χ2n) is 3.61. The van der Waals surface area contributed by atoms with Crippen molar-refractivity contribution in [1.29, 1.82) is 0 Å². The van der Waals surface area contributed by atoms with Crippen LogP contribution in [0, 0.1) is 0 Å². The van der Waals surface area contributed by atoms with Crippen molar-refractivity contribution in [3.63, 3.8) is 0 Å². The fourth-order valence-corrected chi connectivity index (χ4v) is 1.76. The van der Waals surface area contributed by atoms with Crippen LogP contribution in [0.1, 0.15) is 34.7 Å². The first-order valence-electron chi connectivity index (χ1n) is 5.65. The number of anilines is 1. The topological polar surface area (TPSA) is 77.5 Å². The van der Waals surface area contributed by atoms with Gasteiger partial charge in [-0.25, -0.2) is 9.59 Å². The smallest absolute Gasteiger partial charge is 0.411 e.